The molecule has 1 aromatic rings. The average molecular weight is 235 g/mol. The molecule has 0 heterocycles. The van der Waals surface area contributed by atoms with Crippen LogP contribution in [0, 0.1) is 0 Å². The number of carbonyl (C=O) groups excluding carboxylic acids is 1. The fourth-order valence-corrected chi connectivity index (χ4v) is 1.37. The third-order valence-corrected chi connectivity index (χ3v) is 2.32. The summed E-state index contributed by atoms with van der Waals surface area (Å²) in [5.41, 5.74) is 6.41. The zero-order chi connectivity index (χ0) is 12.5. The molecule has 1 amide bonds. The van der Waals surface area contributed by atoms with Crippen LogP contribution in [0.5, 0.6) is 0 Å². The summed E-state index contributed by atoms with van der Waals surface area (Å²) in [5, 5.41) is 13.8. The lowest BCUT2D eigenvalue weighted by Crippen LogP contribution is -2.28. The minimum absolute atomic E-state index is 0.0282. The molecule has 1 rings (SSSR count). The minimum Gasteiger partial charge on any atom is -0.409 e. The zero-order valence-corrected chi connectivity index (χ0v) is 9.60. The molecular weight excluding hydrogens is 218 g/mol. The predicted octanol–water partition coefficient (Wildman–Crippen LogP) is 0.872. The second-order valence-corrected chi connectivity index (χ2v) is 3.68. The predicted molar refractivity (Wildman–Crippen MR) is 65.8 cm³/mol. The van der Waals surface area contributed by atoms with Crippen LogP contribution in [0.3, 0.4) is 0 Å². The first kappa shape index (κ1) is 13.0. The molecule has 0 unspecified atom stereocenters. The Labute approximate surface area is 100 Å². The van der Waals surface area contributed by atoms with Gasteiger partial charge in [-0.3, -0.25) is 4.79 Å². The van der Waals surface area contributed by atoms with E-state index < -0.39 is 0 Å². The molecule has 5 heteroatoms. The highest BCUT2D eigenvalue weighted by atomic mass is 16.4. The quantitative estimate of drug-likeness (QED) is 0.296. The van der Waals surface area contributed by atoms with E-state index >= 15 is 0 Å². The highest BCUT2D eigenvalue weighted by Crippen LogP contribution is 2.01. The summed E-state index contributed by atoms with van der Waals surface area (Å²) in [6, 6.07) is 9.82. The summed E-state index contributed by atoms with van der Waals surface area (Å²) in [7, 11) is 0. The number of amides is 1. The van der Waals surface area contributed by atoms with Crippen LogP contribution in [-0.4, -0.2) is 23.5 Å². The first-order valence-electron chi connectivity index (χ1n) is 5.49. The number of oxime groups is 1. The smallest absolute Gasteiger partial charge is 0.220 e. The molecule has 0 aliphatic rings. The molecule has 0 aromatic heterocycles. The van der Waals surface area contributed by atoms with Crippen molar-refractivity contribution in [3.63, 3.8) is 0 Å². The van der Waals surface area contributed by atoms with Crippen molar-refractivity contribution in [3.8, 4) is 0 Å². The van der Waals surface area contributed by atoms with Gasteiger partial charge in [0.2, 0.25) is 5.91 Å². The van der Waals surface area contributed by atoms with E-state index in [0.717, 1.165) is 12.0 Å². The fraction of sp³-hybridized carbons (Fsp3) is 0.333. The fourth-order valence-electron chi connectivity index (χ4n) is 1.37. The van der Waals surface area contributed by atoms with Gasteiger partial charge in [0.15, 0.2) is 0 Å². The van der Waals surface area contributed by atoms with Gasteiger partial charge in [0.05, 0.1) is 0 Å². The number of aryl methyl sites for hydroxylation is 1. The Bertz CT molecular complexity index is 377. The van der Waals surface area contributed by atoms with E-state index in [1.165, 1.54) is 0 Å². The van der Waals surface area contributed by atoms with E-state index in [-0.39, 0.29) is 11.7 Å². The van der Waals surface area contributed by atoms with Crippen LogP contribution in [0.4, 0.5) is 0 Å². The molecule has 0 fully saturated rings. The lowest BCUT2D eigenvalue weighted by molar-refractivity contribution is -0.121. The number of nitrogens with two attached hydrogens (primary N) is 1. The van der Waals surface area contributed by atoms with E-state index in [2.05, 4.69) is 10.5 Å². The lowest BCUT2D eigenvalue weighted by Gasteiger charge is -2.04. The van der Waals surface area contributed by atoms with E-state index in [9.17, 15) is 4.79 Å². The summed E-state index contributed by atoms with van der Waals surface area (Å²) in [6.07, 6.45) is 1.52. The van der Waals surface area contributed by atoms with Gasteiger partial charge in [-0.2, -0.15) is 0 Å². The molecule has 0 saturated carbocycles. The monoisotopic (exact) mass is 235 g/mol. The SMILES string of the molecule is NC(CCNC(=O)CCc1ccccc1)=NO. The van der Waals surface area contributed by atoms with E-state index in [4.69, 9.17) is 10.9 Å². The summed E-state index contributed by atoms with van der Waals surface area (Å²) < 4.78 is 0. The third kappa shape index (κ3) is 5.55. The second-order valence-electron chi connectivity index (χ2n) is 3.68. The van der Waals surface area contributed by atoms with Crippen LogP contribution in [0.15, 0.2) is 35.5 Å². The Morgan fingerprint density at radius 1 is 1.29 bits per heavy atom. The number of amidine groups is 1. The van der Waals surface area contributed by atoms with E-state index in [1.807, 2.05) is 30.3 Å². The zero-order valence-electron chi connectivity index (χ0n) is 9.60. The number of benzene rings is 1. The van der Waals surface area contributed by atoms with Crippen molar-refractivity contribution < 1.29 is 10.0 Å². The van der Waals surface area contributed by atoms with Crippen molar-refractivity contribution in [2.24, 2.45) is 10.9 Å². The normalized spacial score (nSPS) is 11.2. The van der Waals surface area contributed by atoms with Crippen LogP contribution >= 0.6 is 0 Å². The van der Waals surface area contributed by atoms with Crippen molar-refractivity contribution in [1.82, 2.24) is 5.32 Å². The minimum atomic E-state index is -0.0282. The van der Waals surface area contributed by atoms with Crippen molar-refractivity contribution in [2.45, 2.75) is 19.3 Å². The van der Waals surface area contributed by atoms with Gasteiger partial charge in [0, 0.05) is 19.4 Å². The number of hydrogen-bond donors (Lipinski definition) is 3. The molecule has 0 bridgehead atoms. The topological polar surface area (TPSA) is 87.7 Å². The molecule has 0 aliphatic heterocycles. The summed E-state index contributed by atoms with van der Waals surface area (Å²) in [4.78, 5) is 11.4. The van der Waals surface area contributed by atoms with Crippen molar-refractivity contribution in [3.05, 3.63) is 35.9 Å². The van der Waals surface area contributed by atoms with Crippen LogP contribution < -0.4 is 11.1 Å². The third-order valence-electron chi connectivity index (χ3n) is 2.32. The van der Waals surface area contributed by atoms with Crippen molar-refractivity contribution in [2.75, 3.05) is 6.54 Å². The Morgan fingerprint density at radius 2 is 2.00 bits per heavy atom. The number of rotatable bonds is 6. The van der Waals surface area contributed by atoms with Gasteiger partial charge in [-0.1, -0.05) is 35.5 Å². The van der Waals surface area contributed by atoms with Gasteiger partial charge in [0.25, 0.3) is 0 Å². The molecule has 5 nitrogen and oxygen atoms in total. The molecule has 17 heavy (non-hydrogen) atoms. The van der Waals surface area contributed by atoms with Gasteiger partial charge >= 0.3 is 0 Å². The van der Waals surface area contributed by atoms with Gasteiger partial charge in [0.1, 0.15) is 5.84 Å². The standard InChI is InChI=1S/C12H17N3O2/c13-11(15-17)8-9-14-12(16)7-6-10-4-2-1-3-5-10/h1-5,17H,6-9H2,(H2,13,15)(H,14,16). The highest BCUT2D eigenvalue weighted by molar-refractivity contribution is 5.81. The Kier molecular flexibility index (Phi) is 5.57. The van der Waals surface area contributed by atoms with Crippen LogP contribution in [0.1, 0.15) is 18.4 Å². The number of nitrogens with zero attached hydrogens (tertiary/aromatic N) is 1. The van der Waals surface area contributed by atoms with Gasteiger partial charge in [-0.25, -0.2) is 0 Å². The lowest BCUT2D eigenvalue weighted by atomic mass is 10.1. The average Bonchev–Trinajstić information content (AvgIpc) is 2.37. The molecule has 4 N–H and O–H groups in total. The molecule has 0 atom stereocenters. The van der Waals surface area contributed by atoms with Gasteiger partial charge in [-0.05, 0) is 12.0 Å². The van der Waals surface area contributed by atoms with Crippen LogP contribution in [0.25, 0.3) is 0 Å². The first-order valence-corrected chi connectivity index (χ1v) is 5.49. The molecule has 0 spiro atoms. The number of nitrogens with one attached hydrogen (secondary N) is 1. The number of hydrogen-bond acceptors (Lipinski definition) is 3. The van der Waals surface area contributed by atoms with Gasteiger partial charge < -0.3 is 16.3 Å². The molecule has 0 radical (unpaired) electrons. The first-order chi connectivity index (χ1) is 8.22. The molecule has 92 valence electrons. The Balaban J connectivity index is 2.18. The molecule has 0 saturated heterocycles. The molecular formula is C12H17N3O2. The second kappa shape index (κ2) is 7.27. The summed E-state index contributed by atoms with van der Waals surface area (Å²) in [6.45, 7) is 0.392. The maximum absolute atomic E-state index is 11.4. The number of carbonyl (C=O) groups is 1. The van der Waals surface area contributed by atoms with Gasteiger partial charge in [-0.15, -0.1) is 0 Å². The van der Waals surface area contributed by atoms with Crippen molar-refractivity contribution >= 4 is 11.7 Å². The van der Waals surface area contributed by atoms with Crippen molar-refractivity contribution in [1.29, 1.82) is 0 Å². The summed E-state index contributed by atoms with van der Waals surface area (Å²) >= 11 is 0. The molecule has 0 aliphatic carbocycles. The van der Waals surface area contributed by atoms with Crippen LogP contribution in [-0.2, 0) is 11.2 Å². The largest absolute Gasteiger partial charge is 0.409 e. The Hall–Kier alpha value is -2.04. The van der Waals surface area contributed by atoms with E-state index in [1.54, 1.807) is 0 Å². The molecule has 1 aromatic carbocycles. The highest BCUT2D eigenvalue weighted by Gasteiger charge is 2.02. The van der Waals surface area contributed by atoms with Crippen LogP contribution in [0.2, 0.25) is 0 Å². The summed E-state index contributed by atoms with van der Waals surface area (Å²) in [5.74, 6) is 0.0907. The Morgan fingerprint density at radius 3 is 2.65 bits per heavy atom. The maximum atomic E-state index is 11.4. The maximum Gasteiger partial charge on any atom is 0.220 e. The van der Waals surface area contributed by atoms with E-state index in [0.29, 0.717) is 19.4 Å².